The molecule has 1 fully saturated rings. The lowest BCUT2D eigenvalue weighted by Crippen LogP contribution is -2.41. The van der Waals surface area contributed by atoms with Gasteiger partial charge in [0.25, 0.3) is 0 Å². The highest BCUT2D eigenvalue weighted by molar-refractivity contribution is 5.90. The van der Waals surface area contributed by atoms with E-state index in [4.69, 9.17) is 4.74 Å². The first-order valence-corrected chi connectivity index (χ1v) is 7.82. The van der Waals surface area contributed by atoms with E-state index in [1.165, 1.54) is 4.68 Å². The number of nitrogens with zero attached hydrogens (tertiary/aromatic N) is 4. The van der Waals surface area contributed by atoms with Crippen LogP contribution >= 0.6 is 0 Å². The van der Waals surface area contributed by atoms with Crippen molar-refractivity contribution in [1.29, 1.82) is 0 Å². The van der Waals surface area contributed by atoms with Crippen LogP contribution in [0, 0.1) is 5.92 Å². The van der Waals surface area contributed by atoms with Crippen LogP contribution in [0.4, 0.5) is 5.82 Å². The van der Waals surface area contributed by atoms with Gasteiger partial charge in [0.2, 0.25) is 11.8 Å². The van der Waals surface area contributed by atoms with Crippen LogP contribution in [0.2, 0.25) is 0 Å². The van der Waals surface area contributed by atoms with Gasteiger partial charge < -0.3 is 15.4 Å². The highest BCUT2D eigenvalue weighted by Gasteiger charge is 2.12. The zero-order chi connectivity index (χ0) is 16.7. The van der Waals surface area contributed by atoms with Gasteiger partial charge in [0.15, 0.2) is 5.82 Å². The molecular weight excluding hydrogens is 300 g/mol. The summed E-state index contributed by atoms with van der Waals surface area (Å²) < 4.78 is 6.68. The summed E-state index contributed by atoms with van der Waals surface area (Å²) in [6.07, 6.45) is 1.54. The molecular formula is C14H24N6O3. The second-order valence-corrected chi connectivity index (χ2v) is 5.75. The van der Waals surface area contributed by atoms with Gasteiger partial charge in [-0.1, -0.05) is 19.1 Å². The summed E-state index contributed by atoms with van der Waals surface area (Å²) >= 11 is 0. The van der Waals surface area contributed by atoms with Crippen LogP contribution in [0.15, 0.2) is 6.20 Å². The molecule has 0 aliphatic carbocycles. The molecule has 0 spiro atoms. The quantitative estimate of drug-likeness (QED) is 0.689. The van der Waals surface area contributed by atoms with Crippen molar-refractivity contribution in [1.82, 2.24) is 25.2 Å². The standard InChI is InChI=1S/C14H24N6O3/c1-11(2)14(22)16-12-9-20(18-17-12)10-13(21)15-3-4-19-5-7-23-8-6-19/h9,11H,3-8,10H2,1-2H3,(H,15,21)(H,16,22). The summed E-state index contributed by atoms with van der Waals surface area (Å²) in [5.74, 6) is -0.0506. The number of carbonyl (C=O) groups is 2. The number of carbonyl (C=O) groups excluding carboxylic acids is 2. The maximum absolute atomic E-state index is 11.9. The Hall–Kier alpha value is -2.00. The van der Waals surface area contributed by atoms with Crippen LogP contribution in [-0.4, -0.2) is 71.1 Å². The fourth-order valence-electron chi connectivity index (χ4n) is 2.08. The van der Waals surface area contributed by atoms with Gasteiger partial charge in [-0.2, -0.15) is 0 Å². The summed E-state index contributed by atoms with van der Waals surface area (Å²) in [6.45, 7) is 8.36. The van der Waals surface area contributed by atoms with Crippen molar-refractivity contribution in [2.75, 3.05) is 44.7 Å². The van der Waals surface area contributed by atoms with Crippen LogP contribution in [-0.2, 0) is 20.9 Å². The summed E-state index contributed by atoms with van der Waals surface area (Å²) in [6, 6.07) is 0. The van der Waals surface area contributed by atoms with Crippen LogP contribution < -0.4 is 10.6 Å². The topological polar surface area (TPSA) is 101 Å². The number of nitrogens with one attached hydrogen (secondary N) is 2. The van der Waals surface area contributed by atoms with Crippen molar-refractivity contribution in [3.8, 4) is 0 Å². The maximum Gasteiger partial charge on any atom is 0.241 e. The Balaban J connectivity index is 1.68. The first-order valence-electron chi connectivity index (χ1n) is 7.82. The largest absolute Gasteiger partial charge is 0.379 e. The lowest BCUT2D eigenvalue weighted by atomic mass is 10.2. The van der Waals surface area contributed by atoms with Crippen molar-refractivity contribution >= 4 is 17.6 Å². The molecule has 1 aromatic heterocycles. The monoisotopic (exact) mass is 324 g/mol. The zero-order valence-electron chi connectivity index (χ0n) is 13.6. The summed E-state index contributed by atoms with van der Waals surface area (Å²) in [5.41, 5.74) is 0. The summed E-state index contributed by atoms with van der Waals surface area (Å²) in [7, 11) is 0. The molecule has 2 rings (SSSR count). The Kier molecular flexibility index (Phi) is 6.48. The van der Waals surface area contributed by atoms with Gasteiger partial charge in [-0.15, -0.1) is 5.10 Å². The highest BCUT2D eigenvalue weighted by Crippen LogP contribution is 2.03. The SMILES string of the molecule is CC(C)C(=O)Nc1cn(CC(=O)NCCN2CCOCC2)nn1. The molecule has 0 unspecified atom stereocenters. The molecule has 23 heavy (non-hydrogen) atoms. The van der Waals surface area contributed by atoms with Gasteiger partial charge in [-0.25, -0.2) is 4.68 Å². The van der Waals surface area contributed by atoms with Gasteiger partial charge in [-0.3, -0.25) is 14.5 Å². The molecule has 0 bridgehead atoms. The summed E-state index contributed by atoms with van der Waals surface area (Å²) in [5, 5.41) is 13.1. The first kappa shape index (κ1) is 17.4. The third-order valence-corrected chi connectivity index (χ3v) is 3.47. The third-order valence-electron chi connectivity index (χ3n) is 3.47. The number of hydrogen-bond acceptors (Lipinski definition) is 6. The molecule has 1 saturated heterocycles. The van der Waals surface area contributed by atoms with E-state index in [0.29, 0.717) is 12.4 Å². The highest BCUT2D eigenvalue weighted by atomic mass is 16.5. The predicted molar refractivity (Wildman–Crippen MR) is 83.8 cm³/mol. The van der Waals surface area contributed by atoms with Gasteiger partial charge in [0.05, 0.1) is 19.4 Å². The molecule has 128 valence electrons. The Morgan fingerprint density at radius 2 is 2.09 bits per heavy atom. The van der Waals surface area contributed by atoms with E-state index in [2.05, 4.69) is 25.8 Å². The van der Waals surface area contributed by atoms with Crippen LogP contribution in [0.25, 0.3) is 0 Å². The van der Waals surface area contributed by atoms with Crippen molar-refractivity contribution in [2.45, 2.75) is 20.4 Å². The van der Waals surface area contributed by atoms with Crippen LogP contribution in [0.1, 0.15) is 13.8 Å². The molecule has 9 heteroatoms. The Morgan fingerprint density at radius 3 is 2.78 bits per heavy atom. The lowest BCUT2D eigenvalue weighted by molar-refractivity contribution is -0.122. The maximum atomic E-state index is 11.9. The molecule has 0 saturated carbocycles. The van der Waals surface area contributed by atoms with Crippen LogP contribution in [0.5, 0.6) is 0 Å². The van der Waals surface area contributed by atoms with E-state index in [1.54, 1.807) is 20.0 Å². The molecule has 1 aliphatic rings. The summed E-state index contributed by atoms with van der Waals surface area (Å²) in [4.78, 5) is 25.7. The average molecular weight is 324 g/mol. The molecule has 1 aromatic rings. The van der Waals surface area contributed by atoms with E-state index >= 15 is 0 Å². The van der Waals surface area contributed by atoms with Gasteiger partial charge in [-0.05, 0) is 0 Å². The number of ether oxygens (including phenoxy) is 1. The minimum atomic E-state index is -0.136. The van der Waals surface area contributed by atoms with E-state index in [1.807, 2.05) is 0 Å². The number of hydrogen-bond donors (Lipinski definition) is 2. The normalized spacial score (nSPS) is 15.6. The minimum absolute atomic E-state index is 0.0770. The number of morpholine rings is 1. The lowest BCUT2D eigenvalue weighted by Gasteiger charge is -2.26. The fourth-order valence-corrected chi connectivity index (χ4v) is 2.08. The Bertz CT molecular complexity index is 524. The van der Waals surface area contributed by atoms with Crippen molar-refractivity contribution < 1.29 is 14.3 Å². The van der Waals surface area contributed by atoms with E-state index < -0.39 is 0 Å². The number of aromatic nitrogens is 3. The molecule has 9 nitrogen and oxygen atoms in total. The van der Waals surface area contributed by atoms with Crippen molar-refractivity contribution in [3.05, 3.63) is 6.20 Å². The third kappa shape index (κ3) is 5.95. The number of anilines is 1. The Morgan fingerprint density at radius 1 is 1.35 bits per heavy atom. The first-order chi connectivity index (χ1) is 11.0. The van der Waals surface area contributed by atoms with Gasteiger partial charge >= 0.3 is 0 Å². The number of amides is 2. The Labute approximate surface area is 135 Å². The molecule has 2 amide bonds. The van der Waals surface area contributed by atoms with Crippen molar-refractivity contribution in [2.24, 2.45) is 5.92 Å². The molecule has 1 aliphatic heterocycles. The second kappa shape index (κ2) is 8.59. The molecule has 2 heterocycles. The van der Waals surface area contributed by atoms with E-state index in [-0.39, 0.29) is 24.3 Å². The number of rotatable bonds is 7. The van der Waals surface area contributed by atoms with Gasteiger partial charge in [0.1, 0.15) is 6.54 Å². The van der Waals surface area contributed by atoms with Crippen LogP contribution in [0.3, 0.4) is 0 Å². The van der Waals surface area contributed by atoms with E-state index in [9.17, 15) is 9.59 Å². The molecule has 0 aromatic carbocycles. The smallest absolute Gasteiger partial charge is 0.241 e. The second-order valence-electron chi connectivity index (χ2n) is 5.75. The van der Waals surface area contributed by atoms with Gasteiger partial charge in [0, 0.05) is 32.1 Å². The fraction of sp³-hybridized carbons (Fsp3) is 0.714. The molecule has 2 N–H and O–H groups in total. The minimum Gasteiger partial charge on any atom is -0.379 e. The van der Waals surface area contributed by atoms with E-state index in [0.717, 1.165) is 32.8 Å². The predicted octanol–water partition coefficient (Wildman–Crippen LogP) is -0.679. The average Bonchev–Trinajstić information content (AvgIpc) is 2.95. The molecule has 0 radical (unpaired) electrons. The molecule has 0 atom stereocenters. The zero-order valence-corrected chi connectivity index (χ0v) is 13.6. The van der Waals surface area contributed by atoms with Crippen molar-refractivity contribution in [3.63, 3.8) is 0 Å².